The van der Waals surface area contributed by atoms with Gasteiger partial charge in [0.05, 0.1) is 0 Å². The van der Waals surface area contributed by atoms with Crippen molar-refractivity contribution in [3.05, 3.63) is 12.8 Å². The highest BCUT2D eigenvalue weighted by Gasteiger charge is 2.18. The molecule has 0 aliphatic heterocycles. The van der Waals surface area contributed by atoms with Crippen LogP contribution in [0.25, 0.3) is 0 Å². The molecule has 2 heteroatoms. The van der Waals surface area contributed by atoms with Crippen molar-refractivity contribution in [2.75, 3.05) is 0 Å². The molecule has 0 aromatic heterocycles. The van der Waals surface area contributed by atoms with Gasteiger partial charge in [0.25, 0.3) is 0 Å². The molecule has 1 aliphatic rings. The molecule has 0 radical (unpaired) electrons. The Morgan fingerprint density at radius 3 is 2.73 bits per heavy atom. The Morgan fingerprint density at radius 1 is 1.53 bits per heavy atom. The summed E-state index contributed by atoms with van der Waals surface area (Å²) in [7, 11) is 0. The second-order valence-electron chi connectivity index (χ2n) is 4.23. The van der Waals surface area contributed by atoms with Crippen molar-refractivity contribution >= 4 is 5.78 Å². The Kier molecular flexibility index (Phi) is 9.24. The molecule has 0 saturated heterocycles. The van der Waals surface area contributed by atoms with Crippen molar-refractivity contribution in [2.24, 2.45) is 11.7 Å². The lowest BCUT2D eigenvalue weighted by atomic mass is 9.85. The van der Waals surface area contributed by atoms with Gasteiger partial charge in [-0.25, -0.2) is 0 Å². The van der Waals surface area contributed by atoms with Gasteiger partial charge in [-0.1, -0.05) is 39.2 Å². The number of hydrogen-bond donors (Lipinski definition) is 1. The van der Waals surface area contributed by atoms with Crippen molar-refractivity contribution in [1.29, 1.82) is 0 Å². The van der Waals surface area contributed by atoms with Gasteiger partial charge >= 0.3 is 0 Å². The average Bonchev–Trinajstić information content (AvgIpc) is 2.19. The molecule has 88 valence electrons. The molecular formula is C13H25NO. The maximum absolute atomic E-state index is 11.1. The first-order valence-electron chi connectivity index (χ1n) is 6.08. The molecular weight excluding hydrogens is 186 g/mol. The first-order valence-corrected chi connectivity index (χ1v) is 6.08. The minimum absolute atomic E-state index is 0.503. The van der Waals surface area contributed by atoms with Gasteiger partial charge in [-0.15, -0.1) is 0 Å². The van der Waals surface area contributed by atoms with Gasteiger partial charge in [0, 0.05) is 12.8 Å². The molecule has 1 atom stereocenters. The molecule has 0 amide bonds. The van der Waals surface area contributed by atoms with Gasteiger partial charge in [0.15, 0.2) is 0 Å². The molecule has 1 unspecified atom stereocenters. The predicted molar refractivity (Wildman–Crippen MR) is 65.5 cm³/mol. The second kappa shape index (κ2) is 9.75. The molecule has 1 saturated carbocycles. The summed E-state index contributed by atoms with van der Waals surface area (Å²) in [6.07, 6.45) is 10.7. The predicted octanol–water partition coefficient (Wildman–Crippen LogP) is 3.41. The van der Waals surface area contributed by atoms with Crippen LogP contribution in [0.2, 0.25) is 0 Å². The summed E-state index contributed by atoms with van der Waals surface area (Å²) in [5, 5.41) is 0. The van der Waals surface area contributed by atoms with E-state index in [1.807, 2.05) is 0 Å². The summed E-state index contributed by atoms with van der Waals surface area (Å²) < 4.78 is 0. The summed E-state index contributed by atoms with van der Waals surface area (Å²) in [5.74, 6) is 1.24. The summed E-state index contributed by atoms with van der Waals surface area (Å²) in [6, 6.07) is 0. The monoisotopic (exact) mass is 211 g/mol. The molecule has 15 heavy (non-hydrogen) atoms. The number of rotatable bonds is 4. The van der Waals surface area contributed by atoms with Crippen molar-refractivity contribution in [3.8, 4) is 0 Å². The minimum atomic E-state index is 0.503. The Labute approximate surface area is 93.9 Å². The average molecular weight is 211 g/mol. The number of nitrogens with two attached hydrogens (primary N) is 1. The van der Waals surface area contributed by atoms with Gasteiger partial charge in [-0.3, -0.25) is 4.79 Å². The Morgan fingerprint density at radius 2 is 2.20 bits per heavy atom. The maximum atomic E-state index is 11.1. The fourth-order valence-electron chi connectivity index (χ4n) is 2.04. The highest BCUT2D eigenvalue weighted by molar-refractivity contribution is 5.79. The SMILES string of the molecule is C=CN.CCCCCC1CCCC(=O)C1. The van der Waals surface area contributed by atoms with E-state index in [9.17, 15) is 4.79 Å². The molecule has 2 N–H and O–H groups in total. The number of hydrogen-bond acceptors (Lipinski definition) is 2. The number of carbonyl (C=O) groups is 1. The molecule has 1 rings (SSSR count). The van der Waals surface area contributed by atoms with Crippen molar-refractivity contribution in [3.63, 3.8) is 0 Å². The van der Waals surface area contributed by atoms with Crippen LogP contribution in [-0.2, 0) is 4.79 Å². The first kappa shape index (κ1) is 14.2. The molecule has 2 nitrogen and oxygen atoms in total. The number of carbonyl (C=O) groups excluding carboxylic acids is 1. The van der Waals surface area contributed by atoms with Crippen molar-refractivity contribution in [1.82, 2.24) is 0 Å². The lowest BCUT2D eigenvalue weighted by Crippen LogP contribution is -2.14. The summed E-state index contributed by atoms with van der Waals surface area (Å²) >= 11 is 0. The van der Waals surface area contributed by atoms with E-state index in [0.29, 0.717) is 5.78 Å². The van der Waals surface area contributed by atoms with Crippen LogP contribution >= 0.6 is 0 Å². The van der Waals surface area contributed by atoms with E-state index in [4.69, 9.17) is 0 Å². The van der Waals surface area contributed by atoms with Crippen LogP contribution in [0.1, 0.15) is 58.3 Å². The zero-order chi connectivity index (χ0) is 11.5. The normalized spacial score (nSPS) is 20.3. The van der Waals surface area contributed by atoms with E-state index in [0.717, 1.165) is 25.2 Å². The maximum Gasteiger partial charge on any atom is 0.133 e. The fraction of sp³-hybridized carbons (Fsp3) is 0.769. The molecule has 0 bridgehead atoms. The summed E-state index contributed by atoms with van der Waals surface area (Å²) in [4.78, 5) is 11.1. The lowest BCUT2D eigenvalue weighted by Gasteiger charge is -2.20. The highest BCUT2D eigenvalue weighted by Crippen LogP contribution is 2.25. The number of Topliss-reactive ketones (excluding diaryl/α,β-unsaturated/α-hetero) is 1. The molecule has 0 aromatic rings. The lowest BCUT2D eigenvalue weighted by molar-refractivity contribution is -0.121. The zero-order valence-electron chi connectivity index (χ0n) is 10.0. The first-order chi connectivity index (χ1) is 7.24. The van der Waals surface area contributed by atoms with Crippen LogP contribution in [0.5, 0.6) is 0 Å². The summed E-state index contributed by atoms with van der Waals surface area (Å²) in [6.45, 7) is 5.37. The smallest absolute Gasteiger partial charge is 0.133 e. The Balaban J connectivity index is 0.000000583. The number of ketones is 1. The van der Waals surface area contributed by atoms with Crippen LogP contribution in [-0.4, -0.2) is 5.78 Å². The molecule has 0 heterocycles. The van der Waals surface area contributed by atoms with Crippen molar-refractivity contribution < 1.29 is 4.79 Å². The van der Waals surface area contributed by atoms with Gasteiger partial charge in [-0.2, -0.15) is 0 Å². The van der Waals surface area contributed by atoms with Crippen molar-refractivity contribution in [2.45, 2.75) is 58.3 Å². The van der Waals surface area contributed by atoms with Crippen LogP contribution in [0.3, 0.4) is 0 Å². The minimum Gasteiger partial charge on any atom is -0.405 e. The fourth-order valence-corrected chi connectivity index (χ4v) is 2.04. The van der Waals surface area contributed by atoms with Gasteiger partial charge in [0.2, 0.25) is 0 Å². The van der Waals surface area contributed by atoms with Gasteiger partial charge < -0.3 is 5.73 Å². The van der Waals surface area contributed by atoms with Gasteiger partial charge in [-0.05, 0) is 25.0 Å². The summed E-state index contributed by atoms with van der Waals surface area (Å²) in [5.41, 5.74) is 4.61. The third-order valence-electron chi connectivity index (χ3n) is 2.80. The Bertz CT molecular complexity index is 177. The van der Waals surface area contributed by atoms with Crippen LogP contribution < -0.4 is 5.73 Å². The van der Waals surface area contributed by atoms with Crippen LogP contribution in [0.4, 0.5) is 0 Å². The third kappa shape index (κ3) is 8.22. The second-order valence-corrected chi connectivity index (χ2v) is 4.23. The Hall–Kier alpha value is -0.790. The van der Waals surface area contributed by atoms with Crippen LogP contribution in [0, 0.1) is 5.92 Å². The largest absolute Gasteiger partial charge is 0.405 e. The highest BCUT2D eigenvalue weighted by atomic mass is 16.1. The van der Waals surface area contributed by atoms with E-state index in [-0.39, 0.29) is 0 Å². The van der Waals surface area contributed by atoms with E-state index in [2.05, 4.69) is 19.2 Å². The third-order valence-corrected chi connectivity index (χ3v) is 2.80. The molecule has 1 fully saturated rings. The van der Waals surface area contributed by atoms with E-state index < -0.39 is 0 Å². The van der Waals surface area contributed by atoms with E-state index in [1.165, 1.54) is 38.3 Å². The van der Waals surface area contributed by atoms with Gasteiger partial charge in [0.1, 0.15) is 5.78 Å². The van der Waals surface area contributed by atoms with Crippen LogP contribution in [0.15, 0.2) is 12.8 Å². The molecule has 0 aromatic carbocycles. The van der Waals surface area contributed by atoms with E-state index in [1.54, 1.807) is 0 Å². The quantitative estimate of drug-likeness (QED) is 0.724. The molecule has 0 spiro atoms. The topological polar surface area (TPSA) is 43.1 Å². The molecule has 1 aliphatic carbocycles. The standard InChI is InChI=1S/C11H20O.C2H5N/c1-2-3-4-6-10-7-5-8-11(12)9-10;1-2-3/h10H,2-9H2,1H3;2H,1,3H2. The van der Waals surface area contributed by atoms with E-state index >= 15 is 0 Å². The zero-order valence-corrected chi connectivity index (χ0v) is 10.0. The number of unbranched alkanes of at least 4 members (excludes halogenated alkanes) is 2.